The second-order valence-electron chi connectivity index (χ2n) is 4.27. The molecule has 0 fully saturated rings. The van der Waals surface area contributed by atoms with Gasteiger partial charge in [-0.25, -0.2) is 4.79 Å². The summed E-state index contributed by atoms with van der Waals surface area (Å²) in [5.74, 6) is 0.292. The van der Waals surface area contributed by atoms with E-state index in [1.165, 1.54) is 12.7 Å². The SMILES string of the molecule is COC(=O)c1ccc(-c2ccc(C)cc2)c(OC)c1. The van der Waals surface area contributed by atoms with E-state index in [-0.39, 0.29) is 5.97 Å². The molecule has 0 unspecified atom stereocenters. The molecule has 3 heteroatoms. The van der Waals surface area contributed by atoms with Crippen LogP contribution in [-0.2, 0) is 4.74 Å². The molecule has 0 N–H and O–H groups in total. The lowest BCUT2D eigenvalue weighted by Gasteiger charge is -2.10. The highest BCUT2D eigenvalue weighted by Gasteiger charge is 2.11. The lowest BCUT2D eigenvalue weighted by molar-refractivity contribution is 0.0600. The van der Waals surface area contributed by atoms with Gasteiger partial charge >= 0.3 is 5.97 Å². The van der Waals surface area contributed by atoms with Gasteiger partial charge in [-0.15, -0.1) is 0 Å². The summed E-state index contributed by atoms with van der Waals surface area (Å²) in [6.07, 6.45) is 0. The molecule has 0 saturated carbocycles. The molecule has 2 aromatic carbocycles. The molecule has 0 atom stereocenters. The molecule has 2 rings (SSSR count). The lowest BCUT2D eigenvalue weighted by Crippen LogP contribution is -2.01. The fraction of sp³-hybridized carbons (Fsp3) is 0.188. The van der Waals surface area contributed by atoms with Crippen LogP contribution in [0.3, 0.4) is 0 Å². The number of hydrogen-bond acceptors (Lipinski definition) is 3. The van der Waals surface area contributed by atoms with Gasteiger partial charge in [0.25, 0.3) is 0 Å². The van der Waals surface area contributed by atoms with Crippen molar-refractivity contribution >= 4 is 5.97 Å². The standard InChI is InChI=1S/C16H16O3/c1-11-4-6-12(7-5-11)14-9-8-13(16(17)19-3)10-15(14)18-2/h4-10H,1-3H3. The normalized spacial score (nSPS) is 10.1. The highest BCUT2D eigenvalue weighted by Crippen LogP contribution is 2.31. The van der Waals surface area contributed by atoms with Crippen LogP contribution in [0.15, 0.2) is 42.5 Å². The zero-order valence-electron chi connectivity index (χ0n) is 11.3. The van der Waals surface area contributed by atoms with Gasteiger partial charge < -0.3 is 9.47 Å². The third-order valence-electron chi connectivity index (χ3n) is 2.99. The van der Waals surface area contributed by atoms with Crippen molar-refractivity contribution in [1.29, 1.82) is 0 Å². The van der Waals surface area contributed by atoms with Gasteiger partial charge in [0.2, 0.25) is 0 Å². The monoisotopic (exact) mass is 256 g/mol. The minimum atomic E-state index is -0.367. The van der Waals surface area contributed by atoms with E-state index in [0.717, 1.165) is 11.1 Å². The minimum absolute atomic E-state index is 0.367. The number of ether oxygens (including phenoxy) is 2. The summed E-state index contributed by atoms with van der Waals surface area (Å²) in [6, 6.07) is 13.5. The van der Waals surface area contributed by atoms with Crippen molar-refractivity contribution in [2.24, 2.45) is 0 Å². The first-order valence-electron chi connectivity index (χ1n) is 5.99. The van der Waals surface area contributed by atoms with E-state index in [0.29, 0.717) is 11.3 Å². The Morgan fingerprint density at radius 3 is 2.26 bits per heavy atom. The van der Waals surface area contributed by atoms with Crippen LogP contribution in [0.4, 0.5) is 0 Å². The smallest absolute Gasteiger partial charge is 0.337 e. The molecule has 0 saturated heterocycles. The van der Waals surface area contributed by atoms with E-state index in [9.17, 15) is 4.79 Å². The van der Waals surface area contributed by atoms with Crippen molar-refractivity contribution in [2.45, 2.75) is 6.92 Å². The molecule has 0 aliphatic carbocycles. The molecule has 0 heterocycles. The first-order valence-corrected chi connectivity index (χ1v) is 5.99. The molecule has 2 aromatic rings. The van der Waals surface area contributed by atoms with Crippen LogP contribution < -0.4 is 4.74 Å². The summed E-state index contributed by atoms with van der Waals surface area (Å²) >= 11 is 0. The van der Waals surface area contributed by atoms with Crippen LogP contribution in [0.2, 0.25) is 0 Å². The van der Waals surface area contributed by atoms with Crippen molar-refractivity contribution in [3.05, 3.63) is 53.6 Å². The Hall–Kier alpha value is -2.29. The van der Waals surface area contributed by atoms with Crippen LogP contribution in [0.25, 0.3) is 11.1 Å². The van der Waals surface area contributed by atoms with Gasteiger partial charge in [-0.3, -0.25) is 0 Å². The number of benzene rings is 2. The highest BCUT2D eigenvalue weighted by molar-refractivity contribution is 5.91. The topological polar surface area (TPSA) is 35.5 Å². The second-order valence-corrected chi connectivity index (χ2v) is 4.27. The summed E-state index contributed by atoms with van der Waals surface area (Å²) in [5, 5.41) is 0. The third kappa shape index (κ3) is 2.76. The van der Waals surface area contributed by atoms with Gasteiger partial charge in [-0.2, -0.15) is 0 Å². The predicted octanol–water partition coefficient (Wildman–Crippen LogP) is 3.46. The molecule has 0 spiro atoms. The van der Waals surface area contributed by atoms with E-state index in [2.05, 4.69) is 0 Å². The first-order chi connectivity index (χ1) is 9.15. The summed E-state index contributed by atoms with van der Waals surface area (Å²) in [6.45, 7) is 2.04. The summed E-state index contributed by atoms with van der Waals surface area (Å²) in [5.41, 5.74) is 3.69. The van der Waals surface area contributed by atoms with Crippen LogP contribution in [0.1, 0.15) is 15.9 Å². The zero-order chi connectivity index (χ0) is 13.8. The number of methoxy groups -OCH3 is 2. The van der Waals surface area contributed by atoms with E-state index in [1.54, 1.807) is 19.2 Å². The van der Waals surface area contributed by atoms with Crippen LogP contribution >= 0.6 is 0 Å². The molecule has 0 bridgehead atoms. The van der Waals surface area contributed by atoms with Crippen molar-refractivity contribution in [3.63, 3.8) is 0 Å². The average Bonchev–Trinajstić information content (AvgIpc) is 2.46. The molecule has 0 aliphatic heterocycles. The Balaban J connectivity index is 2.46. The second kappa shape index (κ2) is 5.57. The first kappa shape index (κ1) is 13.1. The number of rotatable bonds is 3. The highest BCUT2D eigenvalue weighted by atomic mass is 16.5. The van der Waals surface area contributed by atoms with E-state index >= 15 is 0 Å². The number of aryl methyl sites for hydroxylation is 1. The molecule has 3 nitrogen and oxygen atoms in total. The number of esters is 1. The van der Waals surface area contributed by atoms with Gasteiger partial charge in [0.05, 0.1) is 19.8 Å². The maximum absolute atomic E-state index is 11.5. The van der Waals surface area contributed by atoms with Crippen LogP contribution in [0, 0.1) is 6.92 Å². The minimum Gasteiger partial charge on any atom is -0.496 e. The third-order valence-corrected chi connectivity index (χ3v) is 2.99. The van der Waals surface area contributed by atoms with E-state index in [1.807, 2.05) is 37.3 Å². The van der Waals surface area contributed by atoms with Crippen molar-refractivity contribution < 1.29 is 14.3 Å². The Kier molecular flexibility index (Phi) is 3.85. The maximum Gasteiger partial charge on any atom is 0.337 e. The van der Waals surface area contributed by atoms with Gasteiger partial charge in [0, 0.05) is 5.56 Å². The van der Waals surface area contributed by atoms with Crippen molar-refractivity contribution in [3.8, 4) is 16.9 Å². The Bertz CT molecular complexity index is 585. The van der Waals surface area contributed by atoms with Crippen LogP contribution in [0.5, 0.6) is 5.75 Å². The fourth-order valence-corrected chi connectivity index (χ4v) is 1.91. The molecule has 0 radical (unpaired) electrons. The molecule has 0 amide bonds. The molecular weight excluding hydrogens is 240 g/mol. The Morgan fingerprint density at radius 2 is 1.68 bits per heavy atom. The average molecular weight is 256 g/mol. The lowest BCUT2D eigenvalue weighted by atomic mass is 10.0. The Morgan fingerprint density at radius 1 is 1.00 bits per heavy atom. The fourth-order valence-electron chi connectivity index (χ4n) is 1.91. The summed E-state index contributed by atoms with van der Waals surface area (Å²) in [4.78, 5) is 11.5. The largest absolute Gasteiger partial charge is 0.496 e. The van der Waals surface area contributed by atoms with Crippen molar-refractivity contribution in [1.82, 2.24) is 0 Å². The molecule has 0 aliphatic rings. The maximum atomic E-state index is 11.5. The van der Waals surface area contributed by atoms with Gasteiger partial charge in [-0.1, -0.05) is 29.8 Å². The molecular formula is C16H16O3. The predicted molar refractivity (Wildman–Crippen MR) is 74.5 cm³/mol. The Labute approximate surface area is 112 Å². The van der Waals surface area contributed by atoms with E-state index < -0.39 is 0 Å². The van der Waals surface area contributed by atoms with Gasteiger partial charge in [0.1, 0.15) is 5.75 Å². The number of hydrogen-bond donors (Lipinski definition) is 0. The van der Waals surface area contributed by atoms with Gasteiger partial charge in [0.15, 0.2) is 0 Å². The van der Waals surface area contributed by atoms with Gasteiger partial charge in [-0.05, 0) is 30.7 Å². The number of carbonyl (C=O) groups is 1. The quantitative estimate of drug-likeness (QED) is 0.789. The summed E-state index contributed by atoms with van der Waals surface area (Å²) < 4.78 is 10.1. The molecule has 98 valence electrons. The van der Waals surface area contributed by atoms with Crippen molar-refractivity contribution in [2.75, 3.05) is 14.2 Å². The number of carbonyl (C=O) groups excluding carboxylic acids is 1. The zero-order valence-corrected chi connectivity index (χ0v) is 11.3. The van der Waals surface area contributed by atoms with E-state index in [4.69, 9.17) is 9.47 Å². The van der Waals surface area contributed by atoms with Crippen LogP contribution in [-0.4, -0.2) is 20.2 Å². The molecule has 19 heavy (non-hydrogen) atoms. The molecule has 0 aromatic heterocycles. The summed E-state index contributed by atoms with van der Waals surface area (Å²) in [7, 11) is 2.96.